The van der Waals surface area contributed by atoms with Gasteiger partial charge in [-0.3, -0.25) is 0 Å². The number of ether oxygens (including phenoxy) is 2. The van der Waals surface area contributed by atoms with Gasteiger partial charge in [0.25, 0.3) is 0 Å². The molecule has 0 aliphatic heterocycles. The van der Waals surface area contributed by atoms with Gasteiger partial charge in [-0.25, -0.2) is 0 Å². The fourth-order valence-electron chi connectivity index (χ4n) is 2.03. The lowest BCUT2D eigenvalue weighted by atomic mass is 10.2. The average molecular weight is 306 g/mol. The summed E-state index contributed by atoms with van der Waals surface area (Å²) in [5.41, 5.74) is 0. The van der Waals surface area contributed by atoms with E-state index in [1.165, 1.54) is 0 Å². The minimum Gasteiger partial charge on any atom is -0.463 e. The summed E-state index contributed by atoms with van der Waals surface area (Å²) in [6.07, 6.45) is 0. The molecular formula is C18H26O4. The highest BCUT2D eigenvalue weighted by Gasteiger charge is 2.07. The molecule has 4 heteroatoms. The van der Waals surface area contributed by atoms with Crippen molar-refractivity contribution in [3.05, 3.63) is 47.3 Å². The van der Waals surface area contributed by atoms with E-state index in [1.807, 2.05) is 24.3 Å². The summed E-state index contributed by atoms with van der Waals surface area (Å²) in [6.45, 7) is 10.5. The first-order chi connectivity index (χ1) is 10.6. The van der Waals surface area contributed by atoms with Crippen LogP contribution >= 0.6 is 0 Å². The van der Waals surface area contributed by atoms with Gasteiger partial charge in [-0.2, -0.15) is 0 Å². The molecule has 4 nitrogen and oxygen atoms in total. The Morgan fingerprint density at radius 3 is 1.45 bits per heavy atom. The molecule has 2 aromatic heterocycles. The van der Waals surface area contributed by atoms with E-state index in [0.29, 0.717) is 38.3 Å². The maximum absolute atomic E-state index is 5.67. The minimum absolute atomic E-state index is 0.404. The lowest BCUT2D eigenvalue weighted by Gasteiger charge is -2.04. The molecule has 0 aromatic carbocycles. The van der Waals surface area contributed by atoms with Gasteiger partial charge in [0.2, 0.25) is 0 Å². The van der Waals surface area contributed by atoms with E-state index < -0.39 is 0 Å². The molecule has 0 amide bonds. The Balaban J connectivity index is 1.58. The van der Waals surface area contributed by atoms with Crippen LogP contribution in [0.2, 0.25) is 0 Å². The normalized spacial score (nSPS) is 11.7. The largest absolute Gasteiger partial charge is 0.463 e. The minimum atomic E-state index is 0.404. The van der Waals surface area contributed by atoms with Gasteiger partial charge in [0.1, 0.15) is 36.3 Å². The van der Waals surface area contributed by atoms with Gasteiger partial charge >= 0.3 is 0 Å². The molecule has 2 heterocycles. The van der Waals surface area contributed by atoms with Gasteiger partial charge in [0, 0.05) is 11.8 Å². The van der Waals surface area contributed by atoms with Crippen molar-refractivity contribution in [3.8, 4) is 0 Å². The molecule has 0 fully saturated rings. The molecule has 2 rings (SSSR count). The zero-order chi connectivity index (χ0) is 15.9. The average Bonchev–Trinajstić information content (AvgIpc) is 3.12. The quantitative estimate of drug-likeness (QED) is 0.621. The molecule has 0 N–H and O–H groups in total. The first-order valence-electron chi connectivity index (χ1n) is 7.89. The topological polar surface area (TPSA) is 44.7 Å². The maximum atomic E-state index is 5.67. The Bertz CT molecular complexity index is 501. The highest BCUT2D eigenvalue weighted by Crippen LogP contribution is 2.19. The smallest absolute Gasteiger partial charge is 0.129 e. The van der Waals surface area contributed by atoms with Crippen molar-refractivity contribution >= 4 is 0 Å². The Hall–Kier alpha value is -1.52. The van der Waals surface area contributed by atoms with Crippen molar-refractivity contribution in [1.29, 1.82) is 0 Å². The fourth-order valence-corrected chi connectivity index (χ4v) is 2.03. The van der Waals surface area contributed by atoms with E-state index in [1.54, 1.807) is 0 Å². The van der Waals surface area contributed by atoms with E-state index in [-0.39, 0.29) is 0 Å². The van der Waals surface area contributed by atoms with Crippen LogP contribution in [0.5, 0.6) is 0 Å². The van der Waals surface area contributed by atoms with Crippen molar-refractivity contribution in [2.75, 3.05) is 13.2 Å². The lowest BCUT2D eigenvalue weighted by Crippen LogP contribution is -2.03. The van der Waals surface area contributed by atoms with Gasteiger partial charge in [-0.15, -0.1) is 0 Å². The van der Waals surface area contributed by atoms with Crippen LogP contribution in [-0.4, -0.2) is 13.2 Å². The molecule has 0 radical (unpaired) electrons. The van der Waals surface area contributed by atoms with Crippen LogP contribution in [0.25, 0.3) is 0 Å². The second kappa shape index (κ2) is 8.20. The molecule has 0 unspecified atom stereocenters. The van der Waals surface area contributed by atoms with Crippen molar-refractivity contribution in [3.63, 3.8) is 0 Å². The molecule has 22 heavy (non-hydrogen) atoms. The summed E-state index contributed by atoms with van der Waals surface area (Å²) >= 11 is 0. The molecular weight excluding hydrogens is 280 g/mol. The molecule has 122 valence electrons. The maximum Gasteiger partial charge on any atom is 0.129 e. The molecule has 0 bridgehead atoms. The predicted molar refractivity (Wildman–Crippen MR) is 84.9 cm³/mol. The molecule has 0 spiro atoms. The fraction of sp³-hybridized carbons (Fsp3) is 0.556. The summed E-state index contributed by atoms with van der Waals surface area (Å²) in [5.74, 6) is 4.51. The van der Waals surface area contributed by atoms with E-state index in [0.717, 1.165) is 23.0 Å². The van der Waals surface area contributed by atoms with Gasteiger partial charge in [-0.1, -0.05) is 27.7 Å². The van der Waals surface area contributed by atoms with E-state index in [4.69, 9.17) is 18.3 Å². The highest BCUT2D eigenvalue weighted by atomic mass is 16.5. The van der Waals surface area contributed by atoms with E-state index in [2.05, 4.69) is 27.7 Å². The lowest BCUT2D eigenvalue weighted by molar-refractivity contribution is 0.0231. The van der Waals surface area contributed by atoms with Crippen molar-refractivity contribution in [2.45, 2.75) is 52.7 Å². The third-order valence-corrected chi connectivity index (χ3v) is 3.36. The summed E-state index contributed by atoms with van der Waals surface area (Å²) in [6, 6.07) is 7.94. The Labute approximate surface area is 132 Å². The summed E-state index contributed by atoms with van der Waals surface area (Å²) in [4.78, 5) is 0. The van der Waals surface area contributed by atoms with Gasteiger partial charge in [0.05, 0.1) is 13.2 Å². The molecule has 0 saturated heterocycles. The second-order valence-electron chi connectivity index (χ2n) is 6.02. The summed E-state index contributed by atoms with van der Waals surface area (Å²) in [5, 5.41) is 0. The zero-order valence-corrected chi connectivity index (χ0v) is 13.9. The number of furan rings is 2. The molecule has 0 saturated carbocycles. The van der Waals surface area contributed by atoms with Gasteiger partial charge < -0.3 is 18.3 Å². The first kappa shape index (κ1) is 16.8. The first-order valence-corrected chi connectivity index (χ1v) is 7.89. The monoisotopic (exact) mass is 306 g/mol. The predicted octanol–water partition coefficient (Wildman–Crippen LogP) is 4.85. The Kier molecular flexibility index (Phi) is 6.28. The van der Waals surface area contributed by atoms with Gasteiger partial charge in [-0.05, 0) is 24.3 Å². The third kappa shape index (κ3) is 5.04. The van der Waals surface area contributed by atoms with Crippen LogP contribution in [0, 0.1) is 0 Å². The molecule has 0 aliphatic rings. The third-order valence-electron chi connectivity index (χ3n) is 3.36. The highest BCUT2D eigenvalue weighted by molar-refractivity contribution is 5.10. The van der Waals surface area contributed by atoms with Crippen molar-refractivity contribution in [2.24, 2.45) is 0 Å². The molecule has 2 aromatic rings. The van der Waals surface area contributed by atoms with Crippen LogP contribution in [0.3, 0.4) is 0 Å². The zero-order valence-electron chi connectivity index (χ0n) is 13.9. The number of hydrogen-bond donors (Lipinski definition) is 0. The second-order valence-corrected chi connectivity index (χ2v) is 6.02. The van der Waals surface area contributed by atoms with Crippen LogP contribution in [0.1, 0.15) is 62.6 Å². The van der Waals surface area contributed by atoms with Crippen molar-refractivity contribution < 1.29 is 18.3 Å². The van der Waals surface area contributed by atoms with E-state index in [9.17, 15) is 0 Å². The Morgan fingerprint density at radius 2 is 1.14 bits per heavy atom. The number of rotatable bonds is 9. The number of hydrogen-bond acceptors (Lipinski definition) is 4. The van der Waals surface area contributed by atoms with Crippen molar-refractivity contribution in [1.82, 2.24) is 0 Å². The van der Waals surface area contributed by atoms with Gasteiger partial charge in [0.15, 0.2) is 0 Å². The van der Waals surface area contributed by atoms with Crippen LogP contribution < -0.4 is 0 Å². The molecule has 0 atom stereocenters. The molecule has 0 aliphatic carbocycles. The SMILES string of the molecule is CC(C)c1ccc(COCCOCc2ccc(C(C)C)o2)o1. The van der Waals surface area contributed by atoms with E-state index >= 15 is 0 Å². The van der Waals surface area contributed by atoms with Crippen LogP contribution in [0.4, 0.5) is 0 Å². The van der Waals surface area contributed by atoms with Crippen LogP contribution in [-0.2, 0) is 22.7 Å². The summed E-state index contributed by atoms with van der Waals surface area (Å²) < 4.78 is 22.4. The van der Waals surface area contributed by atoms with Crippen LogP contribution in [0.15, 0.2) is 33.1 Å². The standard InChI is InChI=1S/C18H26O4/c1-13(2)17-7-5-15(21-17)11-19-9-10-20-12-16-6-8-18(22-16)14(3)4/h5-8,13-14H,9-12H2,1-4H3. The Morgan fingerprint density at radius 1 is 0.727 bits per heavy atom. The summed E-state index contributed by atoms with van der Waals surface area (Å²) in [7, 11) is 0.